The van der Waals surface area contributed by atoms with Gasteiger partial charge in [0.2, 0.25) is 0 Å². The van der Waals surface area contributed by atoms with Crippen molar-refractivity contribution in [1.29, 1.82) is 0 Å². The molecule has 17 heavy (non-hydrogen) atoms. The normalized spacial score (nSPS) is 20.1. The average molecular weight is 244 g/mol. The summed E-state index contributed by atoms with van der Waals surface area (Å²) in [6.07, 6.45) is -0.633. The first-order valence-corrected chi connectivity index (χ1v) is 5.95. The second-order valence-corrected chi connectivity index (χ2v) is 3.89. The van der Waals surface area contributed by atoms with Crippen LogP contribution >= 0.6 is 0 Å². The van der Waals surface area contributed by atoms with Gasteiger partial charge in [0, 0.05) is 19.6 Å². The molecule has 0 radical (unpaired) electrons. The molecule has 6 nitrogen and oxygen atoms in total. The molecule has 1 aliphatic heterocycles. The van der Waals surface area contributed by atoms with E-state index in [1.165, 1.54) is 0 Å². The van der Waals surface area contributed by atoms with Gasteiger partial charge in [0.05, 0.1) is 19.3 Å². The third-order valence-corrected chi connectivity index (χ3v) is 2.66. The Kier molecular flexibility index (Phi) is 5.06. The summed E-state index contributed by atoms with van der Waals surface area (Å²) in [6, 6.07) is -0.0489. The van der Waals surface area contributed by atoms with Gasteiger partial charge in [-0.05, 0) is 20.8 Å². The minimum Gasteiger partial charge on any atom is -0.450 e. The fourth-order valence-electron chi connectivity index (χ4n) is 1.82. The lowest BCUT2D eigenvalue weighted by Gasteiger charge is -2.38. The zero-order chi connectivity index (χ0) is 12.8. The van der Waals surface area contributed by atoms with E-state index >= 15 is 0 Å². The number of hydrogen-bond donors (Lipinski definition) is 0. The molecule has 0 aromatic carbocycles. The SMILES string of the molecule is CCOC(=O)N1CCN(C(=O)OCC)[C@H](C)C1. The summed E-state index contributed by atoms with van der Waals surface area (Å²) >= 11 is 0. The van der Waals surface area contributed by atoms with Gasteiger partial charge >= 0.3 is 12.2 Å². The molecule has 2 amide bonds. The summed E-state index contributed by atoms with van der Waals surface area (Å²) in [6.45, 7) is 7.63. The highest BCUT2D eigenvalue weighted by Gasteiger charge is 2.30. The number of amides is 2. The van der Waals surface area contributed by atoms with Crippen LogP contribution in [0.5, 0.6) is 0 Å². The molecule has 0 N–H and O–H groups in total. The van der Waals surface area contributed by atoms with Crippen LogP contribution in [0.15, 0.2) is 0 Å². The van der Waals surface area contributed by atoms with Gasteiger partial charge in [0.15, 0.2) is 0 Å². The lowest BCUT2D eigenvalue weighted by molar-refractivity contribution is 0.0439. The van der Waals surface area contributed by atoms with E-state index in [0.717, 1.165) is 0 Å². The van der Waals surface area contributed by atoms with Crippen LogP contribution in [-0.2, 0) is 9.47 Å². The Bertz CT molecular complexity index is 283. The lowest BCUT2D eigenvalue weighted by Crippen LogP contribution is -2.55. The Balaban J connectivity index is 2.49. The molecule has 0 aromatic heterocycles. The van der Waals surface area contributed by atoms with Crippen LogP contribution in [0.25, 0.3) is 0 Å². The summed E-state index contributed by atoms with van der Waals surface area (Å²) in [5.74, 6) is 0. The summed E-state index contributed by atoms with van der Waals surface area (Å²) in [5.41, 5.74) is 0. The van der Waals surface area contributed by atoms with E-state index in [1.54, 1.807) is 23.6 Å². The van der Waals surface area contributed by atoms with Crippen molar-refractivity contribution < 1.29 is 19.1 Å². The molecule has 6 heteroatoms. The number of carbonyl (C=O) groups is 2. The number of hydrogen-bond acceptors (Lipinski definition) is 4. The molecule has 1 aliphatic rings. The molecule has 1 atom stereocenters. The smallest absolute Gasteiger partial charge is 0.410 e. The van der Waals surface area contributed by atoms with Crippen LogP contribution in [-0.4, -0.2) is 60.9 Å². The van der Waals surface area contributed by atoms with Gasteiger partial charge < -0.3 is 19.3 Å². The largest absolute Gasteiger partial charge is 0.450 e. The Labute approximate surface area is 101 Å². The van der Waals surface area contributed by atoms with Crippen LogP contribution in [0.2, 0.25) is 0 Å². The van der Waals surface area contributed by atoms with Crippen molar-refractivity contribution in [3.8, 4) is 0 Å². The van der Waals surface area contributed by atoms with Gasteiger partial charge in [-0.3, -0.25) is 0 Å². The zero-order valence-corrected chi connectivity index (χ0v) is 10.6. The van der Waals surface area contributed by atoms with Crippen LogP contribution in [0, 0.1) is 0 Å². The van der Waals surface area contributed by atoms with E-state index in [4.69, 9.17) is 9.47 Å². The van der Waals surface area contributed by atoms with Crippen LogP contribution in [0.1, 0.15) is 20.8 Å². The minimum atomic E-state index is -0.317. The van der Waals surface area contributed by atoms with Crippen molar-refractivity contribution in [2.75, 3.05) is 32.8 Å². The molecule has 98 valence electrons. The number of rotatable bonds is 2. The standard InChI is InChI=1S/C11H20N2O4/c1-4-16-10(14)12-6-7-13(9(3)8-12)11(15)17-5-2/h9H,4-8H2,1-3H3/t9-/m1/s1. The van der Waals surface area contributed by atoms with Gasteiger partial charge in [0.25, 0.3) is 0 Å². The zero-order valence-electron chi connectivity index (χ0n) is 10.6. The van der Waals surface area contributed by atoms with E-state index < -0.39 is 0 Å². The van der Waals surface area contributed by atoms with Crippen molar-refractivity contribution in [3.63, 3.8) is 0 Å². The Morgan fingerprint density at radius 3 is 2.24 bits per heavy atom. The maximum atomic E-state index is 11.6. The summed E-state index contributed by atoms with van der Waals surface area (Å²) < 4.78 is 9.87. The van der Waals surface area contributed by atoms with E-state index in [1.807, 2.05) is 6.92 Å². The Morgan fingerprint density at radius 1 is 1.12 bits per heavy atom. The fraction of sp³-hybridized carbons (Fsp3) is 0.818. The summed E-state index contributed by atoms with van der Waals surface area (Å²) in [4.78, 5) is 26.3. The van der Waals surface area contributed by atoms with Crippen molar-refractivity contribution >= 4 is 12.2 Å². The number of nitrogens with zero attached hydrogens (tertiary/aromatic N) is 2. The highest BCUT2D eigenvalue weighted by atomic mass is 16.6. The molecule has 1 saturated heterocycles. The maximum Gasteiger partial charge on any atom is 0.410 e. The van der Waals surface area contributed by atoms with E-state index in [9.17, 15) is 9.59 Å². The first-order valence-electron chi connectivity index (χ1n) is 5.95. The quantitative estimate of drug-likeness (QED) is 0.734. The molecule has 1 fully saturated rings. The Hall–Kier alpha value is -1.46. The number of piperazine rings is 1. The van der Waals surface area contributed by atoms with E-state index in [0.29, 0.717) is 32.8 Å². The Morgan fingerprint density at radius 2 is 1.71 bits per heavy atom. The molecule has 0 saturated carbocycles. The molecule has 0 aromatic rings. The maximum absolute atomic E-state index is 11.6. The van der Waals surface area contributed by atoms with Gasteiger partial charge in [-0.1, -0.05) is 0 Å². The van der Waals surface area contributed by atoms with Gasteiger partial charge in [0.1, 0.15) is 0 Å². The van der Waals surface area contributed by atoms with Crippen LogP contribution < -0.4 is 0 Å². The van der Waals surface area contributed by atoms with Crippen molar-refractivity contribution in [2.45, 2.75) is 26.8 Å². The fourth-order valence-corrected chi connectivity index (χ4v) is 1.82. The molecule has 0 bridgehead atoms. The molecule has 0 aliphatic carbocycles. The minimum absolute atomic E-state index is 0.0489. The van der Waals surface area contributed by atoms with Crippen molar-refractivity contribution in [1.82, 2.24) is 9.80 Å². The molecule has 0 unspecified atom stereocenters. The topological polar surface area (TPSA) is 59.1 Å². The highest BCUT2D eigenvalue weighted by molar-refractivity contribution is 5.70. The lowest BCUT2D eigenvalue weighted by atomic mass is 10.2. The highest BCUT2D eigenvalue weighted by Crippen LogP contribution is 2.11. The third-order valence-electron chi connectivity index (χ3n) is 2.66. The third kappa shape index (κ3) is 3.51. The van der Waals surface area contributed by atoms with Gasteiger partial charge in [-0.2, -0.15) is 0 Å². The molecule has 1 rings (SSSR count). The molecule has 0 spiro atoms. The van der Waals surface area contributed by atoms with Crippen molar-refractivity contribution in [2.24, 2.45) is 0 Å². The van der Waals surface area contributed by atoms with Crippen LogP contribution in [0.3, 0.4) is 0 Å². The number of carbonyl (C=O) groups excluding carboxylic acids is 2. The molecule has 1 heterocycles. The average Bonchev–Trinajstić information content (AvgIpc) is 2.29. The first kappa shape index (κ1) is 13.6. The predicted molar refractivity (Wildman–Crippen MR) is 61.8 cm³/mol. The second-order valence-electron chi connectivity index (χ2n) is 3.89. The van der Waals surface area contributed by atoms with Gasteiger partial charge in [-0.15, -0.1) is 0 Å². The van der Waals surface area contributed by atoms with E-state index in [-0.39, 0.29) is 18.2 Å². The summed E-state index contributed by atoms with van der Waals surface area (Å²) in [5, 5.41) is 0. The number of ether oxygens (including phenoxy) is 2. The second kappa shape index (κ2) is 6.32. The van der Waals surface area contributed by atoms with Crippen molar-refractivity contribution in [3.05, 3.63) is 0 Å². The summed E-state index contributed by atoms with van der Waals surface area (Å²) in [7, 11) is 0. The first-order chi connectivity index (χ1) is 8.10. The van der Waals surface area contributed by atoms with Gasteiger partial charge in [-0.25, -0.2) is 9.59 Å². The predicted octanol–water partition coefficient (Wildman–Crippen LogP) is 1.31. The molecular formula is C11H20N2O4. The van der Waals surface area contributed by atoms with Crippen LogP contribution in [0.4, 0.5) is 9.59 Å². The molecular weight excluding hydrogens is 224 g/mol. The van der Waals surface area contributed by atoms with E-state index in [2.05, 4.69) is 0 Å². The monoisotopic (exact) mass is 244 g/mol.